The molecule has 0 saturated heterocycles. The van der Waals surface area contributed by atoms with Crippen molar-refractivity contribution in [3.8, 4) is 11.8 Å². The Morgan fingerprint density at radius 2 is 1.68 bits per heavy atom. The molecule has 0 aliphatic carbocycles. The minimum Gasteiger partial charge on any atom is -0.481 e. The SMILES string of the molecule is COc1cc(OC)nc(C(CO)C(NC(=O)OC(C)(C)C)c2ccccc2)n1. The van der Waals surface area contributed by atoms with Gasteiger partial charge < -0.3 is 24.6 Å². The first-order chi connectivity index (χ1) is 13.3. The average Bonchev–Trinajstić information content (AvgIpc) is 2.66. The molecular weight excluding hydrogens is 362 g/mol. The van der Waals surface area contributed by atoms with Gasteiger partial charge in [0.25, 0.3) is 0 Å². The summed E-state index contributed by atoms with van der Waals surface area (Å²) >= 11 is 0. The second-order valence-corrected chi connectivity index (χ2v) is 7.13. The standard InChI is InChI=1S/C20H27N3O5/c1-20(2,3)28-19(25)23-17(13-9-7-6-8-10-13)14(12-24)18-21-15(26-4)11-16(22-18)27-5/h6-11,14,17,24H,12H2,1-5H3,(H,23,25). The van der Waals surface area contributed by atoms with Crippen LogP contribution in [0.25, 0.3) is 0 Å². The van der Waals surface area contributed by atoms with Crippen LogP contribution in [0.15, 0.2) is 36.4 Å². The fraction of sp³-hybridized carbons (Fsp3) is 0.450. The first kappa shape index (κ1) is 21.4. The lowest BCUT2D eigenvalue weighted by molar-refractivity contribution is 0.0486. The molecule has 152 valence electrons. The van der Waals surface area contributed by atoms with Crippen molar-refractivity contribution in [1.29, 1.82) is 0 Å². The van der Waals surface area contributed by atoms with Gasteiger partial charge in [0.05, 0.1) is 38.9 Å². The fourth-order valence-electron chi connectivity index (χ4n) is 2.64. The van der Waals surface area contributed by atoms with E-state index in [2.05, 4.69) is 15.3 Å². The van der Waals surface area contributed by atoms with Gasteiger partial charge in [-0.15, -0.1) is 0 Å². The van der Waals surface area contributed by atoms with E-state index in [1.165, 1.54) is 20.3 Å². The molecule has 2 atom stereocenters. The Bertz CT molecular complexity index is 755. The van der Waals surface area contributed by atoms with Crippen LogP contribution < -0.4 is 14.8 Å². The third kappa shape index (κ3) is 5.82. The number of ether oxygens (including phenoxy) is 3. The number of methoxy groups -OCH3 is 2. The summed E-state index contributed by atoms with van der Waals surface area (Å²) in [6.45, 7) is 5.03. The number of benzene rings is 1. The molecule has 1 heterocycles. The van der Waals surface area contributed by atoms with Gasteiger partial charge in [-0.3, -0.25) is 0 Å². The summed E-state index contributed by atoms with van der Waals surface area (Å²) in [5, 5.41) is 13.0. The molecule has 1 amide bonds. The van der Waals surface area contributed by atoms with E-state index >= 15 is 0 Å². The Morgan fingerprint density at radius 1 is 1.11 bits per heavy atom. The monoisotopic (exact) mass is 389 g/mol. The lowest BCUT2D eigenvalue weighted by Crippen LogP contribution is -2.38. The number of carbonyl (C=O) groups excluding carboxylic acids is 1. The molecule has 8 heteroatoms. The van der Waals surface area contributed by atoms with Gasteiger partial charge in [-0.25, -0.2) is 4.79 Å². The van der Waals surface area contributed by atoms with Crippen molar-refractivity contribution < 1.29 is 24.1 Å². The number of nitrogens with one attached hydrogen (secondary N) is 1. The number of aromatic nitrogens is 2. The summed E-state index contributed by atoms with van der Waals surface area (Å²) in [6.07, 6.45) is -0.602. The molecule has 0 aliphatic heterocycles. The van der Waals surface area contributed by atoms with Gasteiger partial charge in [0.15, 0.2) is 0 Å². The van der Waals surface area contributed by atoms with E-state index in [1.54, 1.807) is 20.8 Å². The molecule has 0 aliphatic rings. The topological polar surface area (TPSA) is 103 Å². The Balaban J connectivity index is 2.44. The number of aliphatic hydroxyl groups is 1. The summed E-state index contributed by atoms with van der Waals surface area (Å²) in [7, 11) is 2.96. The van der Waals surface area contributed by atoms with Gasteiger partial charge in [0.1, 0.15) is 11.4 Å². The van der Waals surface area contributed by atoms with Crippen LogP contribution in [-0.2, 0) is 4.74 Å². The highest BCUT2D eigenvalue weighted by Crippen LogP contribution is 2.31. The van der Waals surface area contributed by atoms with Crippen LogP contribution in [0, 0.1) is 0 Å². The van der Waals surface area contributed by atoms with Crippen molar-refractivity contribution in [2.75, 3.05) is 20.8 Å². The van der Waals surface area contributed by atoms with Gasteiger partial charge in [-0.1, -0.05) is 30.3 Å². The zero-order valence-electron chi connectivity index (χ0n) is 16.8. The van der Waals surface area contributed by atoms with Crippen molar-refractivity contribution in [3.05, 3.63) is 47.8 Å². The minimum atomic E-state index is -0.657. The van der Waals surface area contributed by atoms with Gasteiger partial charge >= 0.3 is 6.09 Å². The molecule has 0 saturated carbocycles. The number of amides is 1. The molecule has 2 rings (SSSR count). The fourth-order valence-corrected chi connectivity index (χ4v) is 2.64. The quantitative estimate of drug-likeness (QED) is 0.750. The molecule has 2 aromatic rings. The Labute approximate surface area is 164 Å². The maximum atomic E-state index is 12.4. The summed E-state index contributed by atoms with van der Waals surface area (Å²) in [4.78, 5) is 21.1. The third-order valence-electron chi connectivity index (χ3n) is 3.88. The number of hydrogen-bond acceptors (Lipinski definition) is 7. The van der Waals surface area contributed by atoms with Crippen LogP contribution in [-0.4, -0.2) is 47.6 Å². The van der Waals surface area contributed by atoms with Crippen LogP contribution in [0.5, 0.6) is 11.8 Å². The number of nitrogens with zero attached hydrogens (tertiary/aromatic N) is 2. The molecular formula is C20H27N3O5. The highest BCUT2D eigenvalue weighted by Gasteiger charge is 2.31. The number of aliphatic hydroxyl groups excluding tert-OH is 1. The van der Waals surface area contributed by atoms with Crippen molar-refractivity contribution in [2.24, 2.45) is 0 Å². The summed E-state index contributed by atoms with van der Waals surface area (Å²) < 4.78 is 15.8. The van der Waals surface area contributed by atoms with E-state index in [0.717, 1.165) is 5.56 Å². The van der Waals surface area contributed by atoms with Crippen molar-refractivity contribution in [1.82, 2.24) is 15.3 Å². The Kier molecular flexibility index (Phi) is 7.17. The molecule has 0 fully saturated rings. The summed E-state index contributed by atoms with van der Waals surface area (Å²) in [6, 6.07) is 10.2. The predicted molar refractivity (Wildman–Crippen MR) is 104 cm³/mol. The maximum Gasteiger partial charge on any atom is 0.408 e. The second-order valence-electron chi connectivity index (χ2n) is 7.13. The van der Waals surface area contributed by atoms with Gasteiger partial charge in [0.2, 0.25) is 11.8 Å². The highest BCUT2D eigenvalue weighted by atomic mass is 16.6. The average molecular weight is 389 g/mol. The van der Waals surface area contributed by atoms with Crippen molar-refractivity contribution >= 4 is 6.09 Å². The predicted octanol–water partition coefficient (Wildman–Crippen LogP) is 2.84. The molecule has 0 radical (unpaired) electrons. The zero-order chi connectivity index (χ0) is 20.7. The molecule has 2 N–H and O–H groups in total. The van der Waals surface area contributed by atoms with E-state index < -0.39 is 23.7 Å². The number of alkyl carbamates (subject to hydrolysis) is 1. The van der Waals surface area contributed by atoms with E-state index in [9.17, 15) is 9.90 Å². The van der Waals surface area contributed by atoms with E-state index in [1.807, 2.05) is 30.3 Å². The molecule has 8 nitrogen and oxygen atoms in total. The molecule has 0 bridgehead atoms. The number of hydrogen-bond donors (Lipinski definition) is 2. The lowest BCUT2D eigenvalue weighted by Gasteiger charge is -2.28. The maximum absolute atomic E-state index is 12.4. The molecule has 1 aromatic carbocycles. The van der Waals surface area contributed by atoms with Crippen molar-refractivity contribution in [2.45, 2.75) is 38.3 Å². The minimum absolute atomic E-state index is 0.281. The van der Waals surface area contributed by atoms with Crippen molar-refractivity contribution in [3.63, 3.8) is 0 Å². The first-order valence-corrected chi connectivity index (χ1v) is 8.89. The summed E-state index contributed by atoms with van der Waals surface area (Å²) in [5.74, 6) is 0.219. The van der Waals surface area contributed by atoms with E-state index in [4.69, 9.17) is 14.2 Å². The van der Waals surface area contributed by atoms with E-state index in [-0.39, 0.29) is 12.4 Å². The molecule has 1 aromatic heterocycles. The smallest absolute Gasteiger partial charge is 0.408 e. The Hall–Kier alpha value is -2.87. The highest BCUT2D eigenvalue weighted by molar-refractivity contribution is 5.68. The van der Waals surface area contributed by atoms with Gasteiger partial charge in [-0.2, -0.15) is 9.97 Å². The van der Waals surface area contributed by atoms with Crippen LogP contribution >= 0.6 is 0 Å². The van der Waals surface area contributed by atoms with Gasteiger partial charge in [0, 0.05) is 0 Å². The largest absolute Gasteiger partial charge is 0.481 e. The van der Waals surface area contributed by atoms with Crippen LogP contribution in [0.1, 0.15) is 44.1 Å². The first-order valence-electron chi connectivity index (χ1n) is 8.89. The molecule has 2 unspecified atom stereocenters. The summed E-state index contributed by atoms with van der Waals surface area (Å²) in [5.41, 5.74) is 0.119. The third-order valence-corrected chi connectivity index (χ3v) is 3.88. The zero-order valence-corrected chi connectivity index (χ0v) is 16.8. The Morgan fingerprint density at radius 3 is 2.14 bits per heavy atom. The molecule has 0 spiro atoms. The van der Waals surface area contributed by atoms with Crippen LogP contribution in [0.2, 0.25) is 0 Å². The van der Waals surface area contributed by atoms with Crippen LogP contribution in [0.3, 0.4) is 0 Å². The normalized spacial score (nSPS) is 13.4. The second kappa shape index (κ2) is 9.36. The van der Waals surface area contributed by atoms with Gasteiger partial charge in [-0.05, 0) is 26.3 Å². The van der Waals surface area contributed by atoms with Crippen LogP contribution in [0.4, 0.5) is 4.79 Å². The van der Waals surface area contributed by atoms with E-state index in [0.29, 0.717) is 11.8 Å². The number of rotatable bonds is 7. The molecule has 28 heavy (non-hydrogen) atoms. The lowest BCUT2D eigenvalue weighted by atomic mass is 9.92. The number of carbonyl (C=O) groups is 1.